The summed E-state index contributed by atoms with van der Waals surface area (Å²) in [4.78, 5) is 36.5. The molecule has 0 spiro atoms. The van der Waals surface area contributed by atoms with Gasteiger partial charge in [-0.3, -0.25) is 13.9 Å². The van der Waals surface area contributed by atoms with Crippen molar-refractivity contribution in [3.05, 3.63) is 27.2 Å². The molecule has 0 unspecified atom stereocenters. The van der Waals surface area contributed by atoms with Crippen molar-refractivity contribution in [2.24, 2.45) is 14.1 Å². The predicted octanol–water partition coefficient (Wildman–Crippen LogP) is -2.78. The van der Waals surface area contributed by atoms with Crippen molar-refractivity contribution in [2.75, 3.05) is 0 Å². The number of nitrogens with zero attached hydrogens (tertiary/aromatic N) is 3. The summed E-state index contributed by atoms with van der Waals surface area (Å²) in [7, 11) is 3.32. The van der Waals surface area contributed by atoms with E-state index in [0.29, 0.717) is 21.6 Å². The molecule has 0 bridgehead atoms. The summed E-state index contributed by atoms with van der Waals surface area (Å²) in [5.74, 6) is 0. The van der Waals surface area contributed by atoms with Crippen molar-refractivity contribution in [3.8, 4) is 0 Å². The van der Waals surface area contributed by atoms with Crippen LogP contribution >= 0.6 is 0 Å². The van der Waals surface area contributed by atoms with Crippen molar-refractivity contribution >= 4 is 21.6 Å². The van der Waals surface area contributed by atoms with Crippen LogP contribution in [0.15, 0.2) is 15.9 Å². The van der Waals surface area contributed by atoms with Gasteiger partial charge in [0.2, 0.25) is 0 Å². The third-order valence-electron chi connectivity index (χ3n) is 2.03. The summed E-state index contributed by atoms with van der Waals surface area (Å²) in [5, 5.41) is 0. The minimum absolute atomic E-state index is 0.306. The van der Waals surface area contributed by atoms with Crippen molar-refractivity contribution < 1.29 is 4.80 Å². The summed E-state index contributed by atoms with van der Waals surface area (Å²) in [6.07, 6.45) is 1.39. The van der Waals surface area contributed by atoms with Gasteiger partial charge < -0.3 is 9.78 Å². The zero-order chi connectivity index (χ0) is 11.6. The second-order valence-electron chi connectivity index (χ2n) is 2.81. The van der Waals surface area contributed by atoms with Gasteiger partial charge in [-0.05, 0) is 0 Å². The van der Waals surface area contributed by atoms with Gasteiger partial charge in [0.05, 0.1) is 6.33 Å². The molecule has 8 heteroatoms. The van der Waals surface area contributed by atoms with Crippen molar-refractivity contribution in [1.82, 2.24) is 19.1 Å². The highest BCUT2D eigenvalue weighted by Crippen LogP contribution is 1.97. The number of imidazole rings is 1. The van der Waals surface area contributed by atoms with Crippen LogP contribution in [0.25, 0.3) is 11.2 Å². The molecule has 0 aliphatic rings. The van der Waals surface area contributed by atoms with Crippen LogP contribution in [0.4, 0.5) is 0 Å². The van der Waals surface area contributed by atoms with Crippen molar-refractivity contribution in [2.45, 2.75) is 0 Å². The molecular weight excluding hydrogens is 216 g/mol. The van der Waals surface area contributed by atoms with E-state index < -0.39 is 0 Å². The van der Waals surface area contributed by atoms with E-state index in [-0.39, 0.29) is 11.2 Å². The van der Waals surface area contributed by atoms with Crippen molar-refractivity contribution in [1.29, 1.82) is 0 Å². The second kappa shape index (κ2) is 4.23. The van der Waals surface area contributed by atoms with E-state index in [9.17, 15) is 9.59 Å². The Balaban J connectivity index is 0.000000531. The molecule has 2 aromatic heterocycles. The lowest BCUT2D eigenvalue weighted by Crippen LogP contribution is -2.36. The first-order valence-corrected chi connectivity index (χ1v) is 5.06. The zero-order valence-electron chi connectivity index (χ0n) is 8.68. The lowest BCUT2D eigenvalue weighted by molar-refractivity contribution is 0.629. The van der Waals surface area contributed by atoms with Crippen LogP contribution in [0.2, 0.25) is 0 Å². The number of aryl methyl sites for hydroxylation is 1. The number of H-pyrrole nitrogens is 1. The SMILES string of the molecule is Cn1c(=O)c2[nH]cnc2n(C)c1=O.O[SiH3]. The molecule has 0 aromatic carbocycles. The van der Waals surface area contributed by atoms with E-state index >= 15 is 0 Å². The smallest absolute Gasteiger partial charge is 0.332 e. The second-order valence-corrected chi connectivity index (χ2v) is 2.81. The Hall–Kier alpha value is -1.67. The Kier molecular flexibility index (Phi) is 3.22. The molecule has 0 aliphatic heterocycles. The molecule has 0 fully saturated rings. The first kappa shape index (κ1) is 11.4. The average Bonchev–Trinajstić information content (AvgIpc) is 2.75. The van der Waals surface area contributed by atoms with Gasteiger partial charge in [0.1, 0.15) is 16.0 Å². The molecule has 0 aliphatic carbocycles. The standard InChI is InChI=1S/C7H8N4O2.H4OSi/c1-10-5-4(8-3-9-5)6(12)11(2)7(10)13;1-2/h3H,1-2H3,(H,8,9);1H,2H3. The van der Waals surface area contributed by atoms with Gasteiger partial charge >= 0.3 is 5.69 Å². The predicted molar refractivity (Wildman–Crippen MR) is 58.7 cm³/mol. The number of hydrogen-bond acceptors (Lipinski definition) is 4. The highest BCUT2D eigenvalue weighted by molar-refractivity contribution is 5.95. The van der Waals surface area contributed by atoms with Gasteiger partial charge in [0, 0.05) is 14.1 Å². The summed E-state index contributed by atoms with van der Waals surface area (Å²) in [5.41, 5.74) is 0.0119. The molecular formula is C7H12N4O3Si. The van der Waals surface area contributed by atoms with E-state index in [2.05, 4.69) is 9.97 Å². The number of hydrogen-bond donors (Lipinski definition) is 2. The molecule has 82 valence electrons. The molecule has 2 heterocycles. The number of fused-ring (bicyclic) bond motifs is 1. The highest BCUT2D eigenvalue weighted by Gasteiger charge is 2.08. The Bertz CT molecular complexity index is 582. The zero-order valence-corrected chi connectivity index (χ0v) is 10.7. The van der Waals surface area contributed by atoms with E-state index in [0.717, 1.165) is 4.57 Å². The summed E-state index contributed by atoms with van der Waals surface area (Å²) in [6.45, 7) is 0. The molecule has 2 N–H and O–H groups in total. The van der Waals surface area contributed by atoms with E-state index in [1.807, 2.05) is 0 Å². The monoisotopic (exact) mass is 228 g/mol. The highest BCUT2D eigenvalue weighted by atomic mass is 28.2. The molecule has 0 saturated carbocycles. The largest absolute Gasteiger partial charge is 0.442 e. The van der Waals surface area contributed by atoms with Crippen LogP contribution in [-0.2, 0) is 14.1 Å². The Morgan fingerprint density at radius 2 is 1.93 bits per heavy atom. The normalized spacial score (nSPS) is 10.1. The topological polar surface area (TPSA) is 92.9 Å². The molecule has 0 saturated heterocycles. The van der Waals surface area contributed by atoms with Crippen molar-refractivity contribution in [3.63, 3.8) is 0 Å². The lowest BCUT2D eigenvalue weighted by Gasteiger charge is -2.00. The van der Waals surface area contributed by atoms with Gasteiger partial charge in [-0.25, -0.2) is 9.78 Å². The van der Waals surface area contributed by atoms with Crippen LogP contribution in [-0.4, -0.2) is 34.4 Å². The minimum atomic E-state index is -0.371. The molecule has 7 nitrogen and oxygen atoms in total. The van der Waals surface area contributed by atoms with Crippen LogP contribution in [0.3, 0.4) is 0 Å². The van der Waals surface area contributed by atoms with Crippen LogP contribution < -0.4 is 11.2 Å². The fraction of sp³-hybridized carbons (Fsp3) is 0.286. The maximum atomic E-state index is 11.4. The maximum absolute atomic E-state index is 11.4. The number of nitrogens with one attached hydrogen (secondary N) is 1. The average molecular weight is 228 g/mol. The molecule has 2 rings (SSSR count). The van der Waals surface area contributed by atoms with Crippen LogP contribution in [0.1, 0.15) is 0 Å². The quantitative estimate of drug-likeness (QED) is 0.477. The van der Waals surface area contributed by atoms with E-state index in [4.69, 9.17) is 4.80 Å². The molecule has 0 amide bonds. The van der Waals surface area contributed by atoms with Gasteiger partial charge in [-0.15, -0.1) is 0 Å². The molecule has 0 atom stereocenters. The van der Waals surface area contributed by atoms with E-state index in [1.54, 1.807) is 7.05 Å². The Morgan fingerprint density at radius 1 is 1.33 bits per heavy atom. The van der Waals surface area contributed by atoms with Gasteiger partial charge in [0.25, 0.3) is 5.56 Å². The van der Waals surface area contributed by atoms with Crippen LogP contribution in [0.5, 0.6) is 0 Å². The third kappa shape index (κ3) is 1.64. The van der Waals surface area contributed by atoms with E-state index in [1.165, 1.54) is 17.9 Å². The molecule has 2 aromatic rings. The maximum Gasteiger partial charge on any atom is 0.332 e. The number of aromatic amines is 1. The summed E-state index contributed by atoms with van der Waals surface area (Å²) in [6, 6.07) is 0. The van der Waals surface area contributed by atoms with Crippen LogP contribution in [0, 0.1) is 0 Å². The first-order chi connectivity index (χ1) is 7.13. The fourth-order valence-corrected chi connectivity index (χ4v) is 1.27. The third-order valence-corrected chi connectivity index (χ3v) is 2.03. The summed E-state index contributed by atoms with van der Waals surface area (Å²) >= 11 is 0. The first-order valence-electron chi connectivity index (χ1n) is 4.16. The minimum Gasteiger partial charge on any atom is -0.442 e. The Labute approximate surface area is 87.5 Å². The Morgan fingerprint density at radius 3 is 2.53 bits per heavy atom. The summed E-state index contributed by atoms with van der Waals surface area (Å²) < 4.78 is 2.37. The van der Waals surface area contributed by atoms with Gasteiger partial charge in [0.15, 0.2) is 5.65 Å². The fourth-order valence-electron chi connectivity index (χ4n) is 1.27. The molecule has 0 radical (unpaired) electrons. The lowest BCUT2D eigenvalue weighted by atomic mass is 10.5. The number of aromatic nitrogens is 4. The van der Waals surface area contributed by atoms with Gasteiger partial charge in [-0.1, -0.05) is 0 Å². The number of rotatable bonds is 0. The molecule has 15 heavy (non-hydrogen) atoms. The van der Waals surface area contributed by atoms with Gasteiger partial charge in [-0.2, -0.15) is 0 Å².